The predicted octanol–water partition coefficient (Wildman–Crippen LogP) is 2.47. The molecule has 0 saturated carbocycles. The maximum absolute atomic E-state index is 13.3. The Balaban J connectivity index is 3.13. The molecule has 0 bridgehead atoms. The molecular formula is C11H11F3O4. The number of ether oxygens (including phenoxy) is 1. The SMILES string of the molecule is CCCCOC(=O)c1c(O)c(O)c(F)c(F)c1F. The van der Waals surface area contributed by atoms with E-state index in [0.29, 0.717) is 12.8 Å². The lowest BCUT2D eigenvalue weighted by atomic mass is 10.1. The second kappa shape index (κ2) is 5.61. The molecule has 0 heterocycles. The van der Waals surface area contributed by atoms with Gasteiger partial charge in [-0.1, -0.05) is 13.3 Å². The molecule has 0 aliphatic carbocycles. The van der Waals surface area contributed by atoms with E-state index < -0.39 is 40.5 Å². The van der Waals surface area contributed by atoms with E-state index in [-0.39, 0.29) is 6.61 Å². The van der Waals surface area contributed by atoms with Gasteiger partial charge < -0.3 is 14.9 Å². The minimum atomic E-state index is -2.05. The van der Waals surface area contributed by atoms with Gasteiger partial charge in [0.1, 0.15) is 5.56 Å². The van der Waals surface area contributed by atoms with E-state index in [2.05, 4.69) is 4.74 Å². The lowest BCUT2D eigenvalue weighted by Crippen LogP contribution is -2.11. The lowest BCUT2D eigenvalue weighted by molar-refractivity contribution is 0.0488. The number of carbonyl (C=O) groups is 1. The van der Waals surface area contributed by atoms with Crippen LogP contribution >= 0.6 is 0 Å². The Morgan fingerprint density at radius 1 is 1.11 bits per heavy atom. The van der Waals surface area contributed by atoms with Gasteiger partial charge in [0.2, 0.25) is 5.82 Å². The van der Waals surface area contributed by atoms with Crippen LogP contribution in [0.2, 0.25) is 0 Å². The van der Waals surface area contributed by atoms with Gasteiger partial charge in [-0.15, -0.1) is 0 Å². The van der Waals surface area contributed by atoms with Crippen LogP contribution in [0.4, 0.5) is 13.2 Å². The fourth-order valence-corrected chi connectivity index (χ4v) is 1.20. The van der Waals surface area contributed by atoms with E-state index in [4.69, 9.17) is 5.11 Å². The molecular weight excluding hydrogens is 253 g/mol. The van der Waals surface area contributed by atoms with Crippen LogP contribution in [0.25, 0.3) is 0 Å². The molecule has 0 spiro atoms. The zero-order valence-electron chi connectivity index (χ0n) is 9.47. The summed E-state index contributed by atoms with van der Waals surface area (Å²) in [4.78, 5) is 11.4. The molecule has 100 valence electrons. The van der Waals surface area contributed by atoms with Crippen molar-refractivity contribution in [2.24, 2.45) is 0 Å². The van der Waals surface area contributed by atoms with Crippen molar-refractivity contribution in [1.29, 1.82) is 0 Å². The monoisotopic (exact) mass is 264 g/mol. The van der Waals surface area contributed by atoms with Crippen LogP contribution in [0, 0.1) is 17.5 Å². The molecule has 0 saturated heterocycles. The Kier molecular flexibility index (Phi) is 4.41. The Hall–Kier alpha value is -1.92. The van der Waals surface area contributed by atoms with Crippen LogP contribution in [0.15, 0.2) is 0 Å². The topological polar surface area (TPSA) is 66.8 Å². The van der Waals surface area contributed by atoms with Crippen molar-refractivity contribution in [3.8, 4) is 11.5 Å². The summed E-state index contributed by atoms with van der Waals surface area (Å²) in [5.41, 5.74) is -1.22. The second-order valence-electron chi connectivity index (χ2n) is 3.50. The first-order chi connectivity index (χ1) is 8.41. The van der Waals surface area contributed by atoms with Crippen LogP contribution in [0.3, 0.4) is 0 Å². The van der Waals surface area contributed by atoms with Crippen molar-refractivity contribution in [2.45, 2.75) is 19.8 Å². The molecule has 1 aromatic carbocycles. The van der Waals surface area contributed by atoms with Crippen LogP contribution in [0.5, 0.6) is 11.5 Å². The van der Waals surface area contributed by atoms with Crippen molar-refractivity contribution in [3.63, 3.8) is 0 Å². The van der Waals surface area contributed by atoms with E-state index >= 15 is 0 Å². The highest BCUT2D eigenvalue weighted by molar-refractivity contribution is 5.93. The van der Waals surface area contributed by atoms with Gasteiger partial charge in [0, 0.05) is 0 Å². The van der Waals surface area contributed by atoms with Gasteiger partial charge in [-0.05, 0) is 6.42 Å². The Morgan fingerprint density at radius 2 is 1.72 bits per heavy atom. The highest BCUT2D eigenvalue weighted by Gasteiger charge is 2.29. The first-order valence-electron chi connectivity index (χ1n) is 5.17. The summed E-state index contributed by atoms with van der Waals surface area (Å²) in [6.07, 6.45) is 1.19. The summed E-state index contributed by atoms with van der Waals surface area (Å²) in [5, 5.41) is 18.2. The van der Waals surface area contributed by atoms with Crippen LogP contribution < -0.4 is 0 Å². The number of hydrogen-bond donors (Lipinski definition) is 2. The Bertz CT molecular complexity index is 445. The minimum Gasteiger partial charge on any atom is -0.504 e. The number of hydrogen-bond acceptors (Lipinski definition) is 4. The molecule has 0 amide bonds. The van der Waals surface area contributed by atoms with E-state index in [0.717, 1.165) is 0 Å². The van der Waals surface area contributed by atoms with Gasteiger partial charge in [-0.3, -0.25) is 0 Å². The summed E-state index contributed by atoms with van der Waals surface area (Å²) >= 11 is 0. The number of aromatic hydroxyl groups is 2. The number of carbonyl (C=O) groups excluding carboxylic acids is 1. The normalized spacial score (nSPS) is 10.4. The number of benzene rings is 1. The van der Waals surface area contributed by atoms with E-state index in [9.17, 15) is 23.1 Å². The average molecular weight is 264 g/mol. The Morgan fingerprint density at radius 3 is 2.28 bits per heavy atom. The molecule has 0 aliphatic rings. The summed E-state index contributed by atoms with van der Waals surface area (Å²) in [7, 11) is 0. The van der Waals surface area contributed by atoms with E-state index in [1.165, 1.54) is 0 Å². The van der Waals surface area contributed by atoms with E-state index in [1.807, 2.05) is 6.92 Å². The first kappa shape index (κ1) is 14.1. The molecule has 1 aromatic rings. The predicted molar refractivity (Wildman–Crippen MR) is 54.8 cm³/mol. The van der Waals surface area contributed by atoms with Crippen LogP contribution in [-0.4, -0.2) is 22.8 Å². The summed E-state index contributed by atoms with van der Waals surface area (Å²) in [6, 6.07) is 0. The fraction of sp³-hybridized carbons (Fsp3) is 0.364. The number of unbranched alkanes of at least 4 members (excludes halogenated alkanes) is 1. The maximum Gasteiger partial charge on any atom is 0.345 e. The van der Waals surface area contributed by atoms with Gasteiger partial charge in [0.15, 0.2) is 23.1 Å². The quantitative estimate of drug-likeness (QED) is 0.379. The zero-order valence-corrected chi connectivity index (χ0v) is 9.47. The van der Waals surface area contributed by atoms with Gasteiger partial charge >= 0.3 is 5.97 Å². The van der Waals surface area contributed by atoms with Gasteiger partial charge in [-0.25, -0.2) is 13.6 Å². The highest BCUT2D eigenvalue weighted by atomic mass is 19.2. The molecule has 18 heavy (non-hydrogen) atoms. The van der Waals surface area contributed by atoms with Crippen LogP contribution in [-0.2, 0) is 4.74 Å². The molecule has 0 unspecified atom stereocenters. The molecule has 1 rings (SSSR count). The van der Waals surface area contributed by atoms with Gasteiger partial charge in [0.25, 0.3) is 0 Å². The number of rotatable bonds is 4. The second-order valence-corrected chi connectivity index (χ2v) is 3.50. The number of phenolic OH excluding ortho intramolecular Hbond substituents is 2. The van der Waals surface area contributed by atoms with Crippen molar-refractivity contribution in [2.75, 3.05) is 6.61 Å². The molecule has 0 fully saturated rings. The average Bonchev–Trinajstić information content (AvgIpc) is 2.34. The highest BCUT2D eigenvalue weighted by Crippen LogP contribution is 2.36. The molecule has 2 N–H and O–H groups in total. The molecule has 0 aromatic heterocycles. The smallest absolute Gasteiger partial charge is 0.345 e. The van der Waals surface area contributed by atoms with Crippen molar-refractivity contribution >= 4 is 5.97 Å². The standard InChI is InChI=1S/C11H11F3O4/c1-2-3-4-18-11(17)5-6(12)7(13)8(14)10(16)9(5)15/h15-16H,2-4H2,1H3. The van der Waals surface area contributed by atoms with Crippen molar-refractivity contribution in [3.05, 3.63) is 23.0 Å². The lowest BCUT2D eigenvalue weighted by Gasteiger charge is -2.09. The van der Waals surface area contributed by atoms with Crippen molar-refractivity contribution < 1.29 is 32.9 Å². The van der Waals surface area contributed by atoms with Crippen molar-refractivity contribution in [1.82, 2.24) is 0 Å². The molecule has 4 nitrogen and oxygen atoms in total. The Labute approximate surface area is 101 Å². The van der Waals surface area contributed by atoms with E-state index in [1.54, 1.807) is 0 Å². The molecule has 0 aliphatic heterocycles. The zero-order chi connectivity index (χ0) is 13.9. The summed E-state index contributed by atoms with van der Waals surface area (Å²) in [6.45, 7) is 1.75. The summed E-state index contributed by atoms with van der Waals surface area (Å²) in [5.74, 6) is -10.2. The maximum atomic E-state index is 13.3. The summed E-state index contributed by atoms with van der Waals surface area (Å²) < 4.78 is 43.6. The number of halogens is 3. The third kappa shape index (κ3) is 2.49. The third-order valence-electron chi connectivity index (χ3n) is 2.21. The first-order valence-corrected chi connectivity index (χ1v) is 5.17. The third-order valence-corrected chi connectivity index (χ3v) is 2.21. The molecule has 7 heteroatoms. The number of esters is 1. The molecule has 0 radical (unpaired) electrons. The molecule has 0 atom stereocenters. The minimum absolute atomic E-state index is 0.0615. The largest absolute Gasteiger partial charge is 0.504 e. The van der Waals surface area contributed by atoms with Gasteiger partial charge in [-0.2, -0.15) is 4.39 Å². The number of phenols is 2. The fourth-order valence-electron chi connectivity index (χ4n) is 1.20. The van der Waals surface area contributed by atoms with Gasteiger partial charge in [0.05, 0.1) is 6.61 Å². The van der Waals surface area contributed by atoms with Crippen LogP contribution in [0.1, 0.15) is 30.1 Å².